The van der Waals surface area contributed by atoms with Gasteiger partial charge in [0.1, 0.15) is 0 Å². The van der Waals surface area contributed by atoms with E-state index in [9.17, 15) is 9.59 Å². The molecule has 7 heteroatoms. The van der Waals surface area contributed by atoms with E-state index in [1.807, 2.05) is 30.3 Å². The first kappa shape index (κ1) is 15.7. The maximum Gasteiger partial charge on any atom is 0.307 e. The second-order valence-corrected chi connectivity index (χ2v) is 5.45. The zero-order chi connectivity index (χ0) is 17.3. The molecule has 3 aromatic rings. The minimum atomic E-state index is -0.930. The lowest BCUT2D eigenvalue weighted by Crippen LogP contribution is -2.15. The Morgan fingerprint density at radius 2 is 1.96 bits per heavy atom. The van der Waals surface area contributed by atoms with Crippen LogP contribution in [0.4, 0.5) is 0 Å². The number of benzene rings is 1. The summed E-state index contributed by atoms with van der Waals surface area (Å²) in [5.41, 5.74) is 2.91. The molecule has 0 radical (unpaired) electrons. The lowest BCUT2D eigenvalue weighted by molar-refractivity contribution is -0.136. The number of rotatable bonds is 4. The Labute approximate surface area is 137 Å². The van der Waals surface area contributed by atoms with E-state index < -0.39 is 5.97 Å². The van der Waals surface area contributed by atoms with Crippen LogP contribution < -0.4 is 5.56 Å². The number of aromatic amines is 1. The summed E-state index contributed by atoms with van der Waals surface area (Å²) in [7, 11) is 0. The van der Waals surface area contributed by atoms with Gasteiger partial charge in [-0.2, -0.15) is 5.10 Å². The molecule has 1 aromatic carbocycles. The Balaban J connectivity index is 2.13. The summed E-state index contributed by atoms with van der Waals surface area (Å²) >= 11 is 0. The molecule has 24 heavy (non-hydrogen) atoms. The fraction of sp³-hybridized carbons (Fsp3) is 0.176. The third-order valence-electron chi connectivity index (χ3n) is 3.77. The largest absolute Gasteiger partial charge is 0.481 e. The minimum Gasteiger partial charge on any atom is -0.481 e. The van der Waals surface area contributed by atoms with Crippen LogP contribution in [0.3, 0.4) is 0 Å². The number of carboxylic acids is 1. The summed E-state index contributed by atoms with van der Waals surface area (Å²) in [5, 5.41) is 13.4. The fourth-order valence-corrected chi connectivity index (χ4v) is 2.59. The summed E-state index contributed by atoms with van der Waals surface area (Å²) in [6.45, 7) is 3.49. The van der Waals surface area contributed by atoms with Gasteiger partial charge in [0.25, 0.3) is 5.56 Å². The summed E-state index contributed by atoms with van der Waals surface area (Å²) in [6, 6.07) is 10.8. The summed E-state index contributed by atoms with van der Waals surface area (Å²) in [4.78, 5) is 30.1. The van der Waals surface area contributed by atoms with Gasteiger partial charge in [-0.15, -0.1) is 0 Å². The summed E-state index contributed by atoms with van der Waals surface area (Å²) in [5.74, 6) is -0.668. The SMILES string of the molecule is Cc1nn(-c2nc(-c3ccccc3)cc(=O)[nH]2)c(C)c1CC(=O)O. The number of aryl methyl sites for hydroxylation is 1. The van der Waals surface area contributed by atoms with Crippen LogP contribution in [-0.2, 0) is 11.2 Å². The topological polar surface area (TPSA) is 101 Å². The monoisotopic (exact) mass is 324 g/mol. The quantitative estimate of drug-likeness (QED) is 0.763. The average molecular weight is 324 g/mol. The molecule has 2 aromatic heterocycles. The molecule has 0 saturated heterocycles. The molecule has 0 aliphatic rings. The number of aromatic nitrogens is 4. The zero-order valence-corrected chi connectivity index (χ0v) is 13.3. The highest BCUT2D eigenvalue weighted by Gasteiger charge is 2.17. The highest BCUT2D eigenvalue weighted by Crippen LogP contribution is 2.19. The molecule has 0 atom stereocenters. The molecule has 0 aliphatic heterocycles. The Hall–Kier alpha value is -3.22. The standard InChI is InChI=1S/C17H16N4O3/c1-10-13(8-16(23)24)11(2)21(20-10)17-18-14(9-15(22)19-17)12-6-4-3-5-7-12/h3-7,9H,8H2,1-2H3,(H,23,24)(H,18,19,22). The van der Waals surface area contributed by atoms with Gasteiger partial charge < -0.3 is 5.11 Å². The van der Waals surface area contributed by atoms with Crippen LogP contribution >= 0.6 is 0 Å². The molecule has 0 bridgehead atoms. The predicted molar refractivity (Wildman–Crippen MR) is 88.2 cm³/mol. The number of hydrogen-bond donors (Lipinski definition) is 2. The molecule has 0 fully saturated rings. The first-order chi connectivity index (χ1) is 11.5. The van der Waals surface area contributed by atoms with Crippen LogP contribution in [0.25, 0.3) is 17.2 Å². The van der Waals surface area contributed by atoms with Gasteiger partial charge in [-0.3, -0.25) is 14.6 Å². The van der Waals surface area contributed by atoms with Crippen LogP contribution in [0.1, 0.15) is 17.0 Å². The number of nitrogens with zero attached hydrogens (tertiary/aromatic N) is 3. The Morgan fingerprint density at radius 1 is 1.25 bits per heavy atom. The van der Waals surface area contributed by atoms with Crippen LogP contribution in [-0.4, -0.2) is 30.8 Å². The lowest BCUT2D eigenvalue weighted by Gasteiger charge is -2.06. The van der Waals surface area contributed by atoms with Crippen molar-refractivity contribution in [2.75, 3.05) is 0 Å². The number of nitrogens with one attached hydrogen (secondary N) is 1. The van der Waals surface area contributed by atoms with Crippen molar-refractivity contribution in [2.45, 2.75) is 20.3 Å². The maximum atomic E-state index is 12.0. The molecule has 0 spiro atoms. The van der Waals surface area contributed by atoms with Gasteiger partial charge in [0, 0.05) is 22.9 Å². The highest BCUT2D eigenvalue weighted by molar-refractivity contribution is 5.71. The summed E-state index contributed by atoms with van der Waals surface area (Å²) < 4.78 is 1.47. The van der Waals surface area contributed by atoms with Crippen molar-refractivity contribution in [3.05, 3.63) is 63.7 Å². The molecule has 0 amide bonds. The van der Waals surface area contributed by atoms with Gasteiger partial charge in [0.15, 0.2) is 0 Å². The van der Waals surface area contributed by atoms with Gasteiger partial charge >= 0.3 is 5.97 Å². The first-order valence-electron chi connectivity index (χ1n) is 7.40. The molecule has 0 unspecified atom stereocenters. The van der Waals surface area contributed by atoms with E-state index in [2.05, 4.69) is 15.1 Å². The average Bonchev–Trinajstić information content (AvgIpc) is 2.83. The number of aliphatic carboxylic acids is 1. The molecular weight excluding hydrogens is 308 g/mol. The molecule has 0 aliphatic carbocycles. The number of H-pyrrole nitrogens is 1. The van der Waals surface area contributed by atoms with E-state index in [0.29, 0.717) is 22.6 Å². The van der Waals surface area contributed by atoms with E-state index in [4.69, 9.17) is 5.11 Å². The predicted octanol–water partition coefficient (Wildman–Crippen LogP) is 1.87. The van der Waals surface area contributed by atoms with Crippen molar-refractivity contribution < 1.29 is 9.90 Å². The second-order valence-electron chi connectivity index (χ2n) is 5.45. The zero-order valence-electron chi connectivity index (χ0n) is 13.3. The molecule has 7 nitrogen and oxygen atoms in total. The van der Waals surface area contributed by atoms with Crippen LogP contribution in [0, 0.1) is 13.8 Å². The van der Waals surface area contributed by atoms with Gasteiger partial charge in [0.05, 0.1) is 17.8 Å². The molecular formula is C17H16N4O3. The molecule has 0 saturated carbocycles. The minimum absolute atomic E-state index is 0.125. The molecule has 122 valence electrons. The smallest absolute Gasteiger partial charge is 0.307 e. The lowest BCUT2D eigenvalue weighted by atomic mass is 10.1. The highest BCUT2D eigenvalue weighted by atomic mass is 16.4. The third kappa shape index (κ3) is 2.96. The Morgan fingerprint density at radius 3 is 2.62 bits per heavy atom. The molecule has 3 rings (SSSR count). The van der Waals surface area contributed by atoms with E-state index >= 15 is 0 Å². The Bertz CT molecular complexity index is 958. The normalized spacial score (nSPS) is 10.8. The van der Waals surface area contributed by atoms with E-state index in [-0.39, 0.29) is 17.9 Å². The summed E-state index contributed by atoms with van der Waals surface area (Å²) in [6.07, 6.45) is -0.125. The van der Waals surface area contributed by atoms with Gasteiger partial charge in [-0.1, -0.05) is 30.3 Å². The van der Waals surface area contributed by atoms with Crippen molar-refractivity contribution in [1.29, 1.82) is 0 Å². The number of hydrogen-bond acceptors (Lipinski definition) is 4. The van der Waals surface area contributed by atoms with Crippen LogP contribution in [0.15, 0.2) is 41.2 Å². The van der Waals surface area contributed by atoms with Gasteiger partial charge in [0.2, 0.25) is 5.95 Å². The van der Waals surface area contributed by atoms with Crippen LogP contribution in [0.5, 0.6) is 0 Å². The van der Waals surface area contributed by atoms with E-state index in [1.165, 1.54) is 10.7 Å². The van der Waals surface area contributed by atoms with Crippen molar-refractivity contribution in [2.24, 2.45) is 0 Å². The second kappa shape index (κ2) is 6.11. The van der Waals surface area contributed by atoms with Crippen molar-refractivity contribution in [3.8, 4) is 17.2 Å². The molecule has 2 heterocycles. The van der Waals surface area contributed by atoms with Gasteiger partial charge in [-0.05, 0) is 13.8 Å². The molecule has 2 N–H and O–H groups in total. The van der Waals surface area contributed by atoms with Gasteiger partial charge in [-0.25, -0.2) is 9.67 Å². The van der Waals surface area contributed by atoms with Crippen LogP contribution in [0.2, 0.25) is 0 Å². The Kier molecular flexibility index (Phi) is 3.99. The fourth-order valence-electron chi connectivity index (χ4n) is 2.59. The first-order valence-corrected chi connectivity index (χ1v) is 7.40. The number of carbonyl (C=O) groups is 1. The number of carboxylic acid groups (broad SMARTS) is 1. The van der Waals surface area contributed by atoms with Crippen molar-refractivity contribution in [3.63, 3.8) is 0 Å². The van der Waals surface area contributed by atoms with Crippen molar-refractivity contribution in [1.82, 2.24) is 19.7 Å². The van der Waals surface area contributed by atoms with E-state index in [1.54, 1.807) is 13.8 Å². The van der Waals surface area contributed by atoms with Crippen molar-refractivity contribution >= 4 is 5.97 Å². The van der Waals surface area contributed by atoms with E-state index in [0.717, 1.165) is 5.56 Å². The third-order valence-corrected chi connectivity index (χ3v) is 3.77. The maximum absolute atomic E-state index is 12.0.